The standard InChI is InChI=1S/C22H21N2.BrH/c1-3-9-19(10-4-1)15-16-23-18-24(17-20-11-5-2-6-12-20)22-14-8-7-13-21(22)23;/h1-14,18H,15-17H2;1H/q+1;/p-1. The largest absolute Gasteiger partial charge is 1.00 e. The molecule has 0 spiro atoms. The zero-order chi connectivity index (χ0) is 16.2. The highest BCUT2D eigenvalue weighted by Gasteiger charge is 2.15. The molecule has 2 nitrogen and oxygen atoms in total. The van der Waals surface area contributed by atoms with Crippen LogP contribution < -0.4 is 21.5 Å². The van der Waals surface area contributed by atoms with Gasteiger partial charge >= 0.3 is 0 Å². The van der Waals surface area contributed by atoms with Crippen molar-refractivity contribution in [2.75, 3.05) is 0 Å². The Kier molecular flexibility index (Phi) is 5.67. The van der Waals surface area contributed by atoms with E-state index < -0.39 is 0 Å². The molecule has 3 aromatic carbocycles. The van der Waals surface area contributed by atoms with Crippen molar-refractivity contribution < 1.29 is 21.5 Å². The lowest BCUT2D eigenvalue weighted by atomic mass is 10.1. The van der Waals surface area contributed by atoms with Crippen molar-refractivity contribution >= 4 is 11.0 Å². The van der Waals surface area contributed by atoms with E-state index in [1.165, 1.54) is 22.2 Å². The number of benzene rings is 3. The summed E-state index contributed by atoms with van der Waals surface area (Å²) in [6.07, 6.45) is 3.30. The van der Waals surface area contributed by atoms with Gasteiger partial charge in [-0.05, 0) is 23.3 Å². The van der Waals surface area contributed by atoms with Gasteiger partial charge in [0.15, 0.2) is 11.0 Å². The number of rotatable bonds is 5. The molecule has 4 aromatic rings. The summed E-state index contributed by atoms with van der Waals surface area (Å²) in [6, 6.07) is 30.0. The van der Waals surface area contributed by atoms with Crippen LogP contribution in [0.3, 0.4) is 0 Å². The van der Waals surface area contributed by atoms with Gasteiger partial charge in [0.2, 0.25) is 6.33 Å². The van der Waals surface area contributed by atoms with Gasteiger partial charge in [-0.2, -0.15) is 0 Å². The molecule has 0 amide bonds. The zero-order valence-electron chi connectivity index (χ0n) is 14.1. The normalized spacial score (nSPS) is 10.6. The summed E-state index contributed by atoms with van der Waals surface area (Å²) in [5, 5.41) is 0. The van der Waals surface area contributed by atoms with Crippen LogP contribution in [0.1, 0.15) is 11.1 Å². The Morgan fingerprint density at radius 2 is 1.28 bits per heavy atom. The smallest absolute Gasteiger partial charge is 0.245 e. The van der Waals surface area contributed by atoms with E-state index in [0.717, 1.165) is 19.5 Å². The topological polar surface area (TPSA) is 8.81 Å². The Morgan fingerprint density at radius 1 is 0.680 bits per heavy atom. The molecule has 25 heavy (non-hydrogen) atoms. The van der Waals surface area contributed by atoms with Crippen molar-refractivity contribution in [3.05, 3.63) is 102 Å². The molecule has 0 unspecified atom stereocenters. The third kappa shape index (κ3) is 3.99. The maximum atomic E-state index is 2.37. The van der Waals surface area contributed by atoms with Crippen LogP contribution >= 0.6 is 0 Å². The Bertz CT molecular complexity index is 930. The number of hydrogen-bond donors (Lipinski definition) is 0. The van der Waals surface area contributed by atoms with E-state index in [4.69, 9.17) is 0 Å². The minimum atomic E-state index is 0. The van der Waals surface area contributed by atoms with E-state index in [-0.39, 0.29) is 17.0 Å². The van der Waals surface area contributed by atoms with Crippen molar-refractivity contribution in [1.29, 1.82) is 0 Å². The van der Waals surface area contributed by atoms with E-state index in [9.17, 15) is 0 Å². The fourth-order valence-electron chi connectivity index (χ4n) is 3.22. The molecule has 1 heterocycles. The Morgan fingerprint density at radius 3 is 2.00 bits per heavy atom. The summed E-state index contributed by atoms with van der Waals surface area (Å²) in [5.74, 6) is 0. The molecule has 126 valence electrons. The van der Waals surface area contributed by atoms with Crippen molar-refractivity contribution in [2.45, 2.75) is 19.5 Å². The van der Waals surface area contributed by atoms with Gasteiger partial charge in [0.05, 0.1) is 6.54 Å². The summed E-state index contributed by atoms with van der Waals surface area (Å²) in [6.45, 7) is 1.89. The predicted octanol–water partition coefficient (Wildman–Crippen LogP) is 1.22. The molecule has 0 aliphatic carbocycles. The number of aromatic nitrogens is 2. The van der Waals surface area contributed by atoms with Gasteiger partial charge in [-0.25, -0.2) is 9.13 Å². The SMILES string of the molecule is [Br-].c1ccc(CCn2c[n+](Cc3ccccc3)c3ccccc32)cc1. The fourth-order valence-corrected chi connectivity index (χ4v) is 3.22. The Labute approximate surface area is 159 Å². The van der Waals surface area contributed by atoms with Gasteiger partial charge in [0.25, 0.3) is 0 Å². The Balaban J connectivity index is 0.00000182. The first-order valence-electron chi connectivity index (χ1n) is 8.45. The van der Waals surface area contributed by atoms with E-state index in [0.29, 0.717) is 0 Å². The van der Waals surface area contributed by atoms with Crippen LogP contribution in [0.5, 0.6) is 0 Å². The van der Waals surface area contributed by atoms with Gasteiger partial charge < -0.3 is 17.0 Å². The highest BCUT2D eigenvalue weighted by atomic mass is 79.9. The Hall–Kier alpha value is -2.39. The highest BCUT2D eigenvalue weighted by molar-refractivity contribution is 5.71. The number of fused-ring (bicyclic) bond motifs is 1. The first-order chi connectivity index (χ1) is 11.9. The summed E-state index contributed by atoms with van der Waals surface area (Å²) in [4.78, 5) is 0. The van der Waals surface area contributed by atoms with E-state index >= 15 is 0 Å². The molecule has 0 fully saturated rings. The van der Waals surface area contributed by atoms with Crippen LogP contribution in [0.4, 0.5) is 0 Å². The van der Waals surface area contributed by atoms with E-state index in [1.807, 2.05) is 0 Å². The maximum absolute atomic E-state index is 2.37. The predicted molar refractivity (Wildman–Crippen MR) is 97.8 cm³/mol. The summed E-state index contributed by atoms with van der Waals surface area (Å²) in [7, 11) is 0. The second-order valence-electron chi connectivity index (χ2n) is 6.15. The molecule has 0 radical (unpaired) electrons. The maximum Gasteiger partial charge on any atom is 0.245 e. The molecule has 0 saturated carbocycles. The second kappa shape index (κ2) is 8.13. The average Bonchev–Trinajstić information content (AvgIpc) is 3.00. The molecule has 0 bridgehead atoms. The van der Waals surface area contributed by atoms with E-state index in [1.54, 1.807) is 0 Å². The first kappa shape index (κ1) is 17.4. The molecular weight excluding hydrogens is 372 g/mol. The van der Waals surface area contributed by atoms with Crippen molar-refractivity contribution in [3.8, 4) is 0 Å². The zero-order valence-corrected chi connectivity index (χ0v) is 15.6. The molecule has 3 heteroatoms. The molecule has 0 atom stereocenters. The van der Waals surface area contributed by atoms with Gasteiger partial charge in [-0.3, -0.25) is 0 Å². The number of halogens is 1. The number of nitrogens with zero attached hydrogens (tertiary/aromatic N) is 2. The van der Waals surface area contributed by atoms with Crippen LogP contribution in [0, 0.1) is 0 Å². The lowest BCUT2D eigenvalue weighted by molar-refractivity contribution is -0.663. The second-order valence-corrected chi connectivity index (χ2v) is 6.15. The van der Waals surface area contributed by atoms with Crippen LogP contribution in [-0.4, -0.2) is 4.57 Å². The molecule has 0 aliphatic heterocycles. The molecule has 0 saturated heterocycles. The summed E-state index contributed by atoms with van der Waals surface area (Å²) >= 11 is 0. The monoisotopic (exact) mass is 392 g/mol. The number of hydrogen-bond acceptors (Lipinski definition) is 0. The van der Waals surface area contributed by atoms with Gasteiger partial charge in [-0.1, -0.05) is 72.8 Å². The van der Waals surface area contributed by atoms with Crippen LogP contribution in [0.15, 0.2) is 91.3 Å². The van der Waals surface area contributed by atoms with Crippen LogP contribution in [-0.2, 0) is 19.5 Å². The molecule has 0 N–H and O–H groups in total. The number of para-hydroxylation sites is 2. The highest BCUT2D eigenvalue weighted by Crippen LogP contribution is 2.13. The quantitative estimate of drug-likeness (QED) is 0.451. The third-order valence-corrected chi connectivity index (χ3v) is 4.46. The van der Waals surface area contributed by atoms with Crippen molar-refractivity contribution in [2.24, 2.45) is 0 Å². The average molecular weight is 393 g/mol. The summed E-state index contributed by atoms with van der Waals surface area (Å²) in [5.41, 5.74) is 5.29. The number of aryl methyl sites for hydroxylation is 2. The third-order valence-electron chi connectivity index (χ3n) is 4.46. The van der Waals surface area contributed by atoms with Crippen LogP contribution in [0.2, 0.25) is 0 Å². The minimum Gasteiger partial charge on any atom is -1.00 e. The van der Waals surface area contributed by atoms with Gasteiger partial charge in [-0.15, -0.1) is 0 Å². The van der Waals surface area contributed by atoms with Gasteiger partial charge in [0.1, 0.15) is 6.54 Å². The summed E-state index contributed by atoms with van der Waals surface area (Å²) < 4.78 is 4.71. The van der Waals surface area contributed by atoms with E-state index in [2.05, 4.69) is 100 Å². The first-order valence-corrected chi connectivity index (χ1v) is 8.45. The number of imidazole rings is 1. The fraction of sp³-hybridized carbons (Fsp3) is 0.136. The van der Waals surface area contributed by atoms with Gasteiger partial charge in [0, 0.05) is 6.42 Å². The van der Waals surface area contributed by atoms with Crippen molar-refractivity contribution in [1.82, 2.24) is 4.57 Å². The van der Waals surface area contributed by atoms with Crippen LogP contribution in [0.25, 0.3) is 11.0 Å². The molecule has 0 aliphatic rings. The minimum absolute atomic E-state index is 0. The molecule has 4 rings (SSSR count). The lowest BCUT2D eigenvalue weighted by Gasteiger charge is -1.99. The molecular formula is C22H21BrN2. The molecule has 1 aromatic heterocycles. The van der Waals surface area contributed by atoms with Crippen molar-refractivity contribution in [3.63, 3.8) is 0 Å². The lowest BCUT2D eigenvalue weighted by Crippen LogP contribution is -3.00.